The second-order valence-electron chi connectivity index (χ2n) is 7.37. The van der Waals surface area contributed by atoms with Crippen molar-refractivity contribution in [3.63, 3.8) is 0 Å². The minimum absolute atomic E-state index is 0.250. The summed E-state index contributed by atoms with van der Waals surface area (Å²) in [7, 11) is 1.96. The zero-order valence-corrected chi connectivity index (χ0v) is 19.3. The van der Waals surface area contributed by atoms with Crippen LogP contribution in [-0.4, -0.2) is 39.4 Å². The third-order valence-electron chi connectivity index (χ3n) is 5.25. The van der Waals surface area contributed by atoms with Crippen molar-refractivity contribution in [2.45, 2.75) is 66.0 Å². The van der Waals surface area contributed by atoms with E-state index in [9.17, 15) is 4.79 Å². The summed E-state index contributed by atoms with van der Waals surface area (Å²) in [6.07, 6.45) is 7.50. The van der Waals surface area contributed by atoms with Crippen molar-refractivity contribution in [1.29, 1.82) is 0 Å². The van der Waals surface area contributed by atoms with Crippen molar-refractivity contribution in [2.24, 2.45) is 0 Å². The van der Waals surface area contributed by atoms with Crippen molar-refractivity contribution >= 4 is 39.6 Å². The molecule has 0 saturated carbocycles. The fourth-order valence-electron chi connectivity index (χ4n) is 3.65. The first-order chi connectivity index (χ1) is 13.9. The molecule has 0 radical (unpaired) electrons. The molecule has 0 unspecified atom stereocenters. The topological polar surface area (TPSA) is 59.4 Å². The van der Waals surface area contributed by atoms with Gasteiger partial charge in [0, 0.05) is 36.8 Å². The van der Waals surface area contributed by atoms with Gasteiger partial charge in [0.2, 0.25) is 0 Å². The molecule has 2 aromatic heterocycles. The highest BCUT2D eigenvalue weighted by Gasteiger charge is 2.26. The van der Waals surface area contributed by atoms with Crippen LogP contribution < -0.4 is 5.32 Å². The molecule has 2 aromatic rings. The van der Waals surface area contributed by atoms with Gasteiger partial charge in [-0.25, -0.2) is 4.79 Å². The molecule has 2 heterocycles. The first-order valence-electron chi connectivity index (χ1n) is 10.3. The van der Waals surface area contributed by atoms with Crippen LogP contribution in [-0.2, 0) is 30.7 Å². The Bertz CT molecular complexity index is 888. The SMILES string of the molecule is CCOC(=O)c1c(NC(=S)N(C)Cc2cn(CC)nc2C)sc2c1CCCCC2. The maximum absolute atomic E-state index is 12.7. The standard InChI is InChI=1S/C21H30N4O2S2/c1-5-25-13-15(14(3)23-25)12-24(4)21(28)22-19-18(20(26)27-6-2)16-10-8-7-9-11-17(16)29-19/h13H,5-12H2,1-4H3,(H,22,28). The van der Waals surface area contributed by atoms with E-state index in [2.05, 4.69) is 23.5 Å². The molecule has 3 rings (SSSR count). The van der Waals surface area contributed by atoms with E-state index >= 15 is 0 Å². The molecule has 6 nitrogen and oxygen atoms in total. The molecule has 1 aliphatic carbocycles. The van der Waals surface area contributed by atoms with Crippen LogP contribution in [0.25, 0.3) is 0 Å². The van der Waals surface area contributed by atoms with Gasteiger partial charge in [0.05, 0.1) is 17.9 Å². The van der Waals surface area contributed by atoms with Gasteiger partial charge >= 0.3 is 5.97 Å². The second kappa shape index (κ2) is 9.71. The maximum Gasteiger partial charge on any atom is 0.341 e. The van der Waals surface area contributed by atoms with Crippen LogP contribution in [0.4, 0.5) is 5.00 Å². The summed E-state index contributed by atoms with van der Waals surface area (Å²) >= 11 is 7.31. The zero-order valence-electron chi connectivity index (χ0n) is 17.7. The summed E-state index contributed by atoms with van der Waals surface area (Å²) in [5.74, 6) is -0.250. The summed E-state index contributed by atoms with van der Waals surface area (Å²) in [4.78, 5) is 16.0. The summed E-state index contributed by atoms with van der Waals surface area (Å²) in [6.45, 7) is 7.81. The fourth-order valence-corrected chi connectivity index (χ4v) is 5.15. The number of nitrogens with one attached hydrogen (secondary N) is 1. The van der Waals surface area contributed by atoms with E-state index < -0.39 is 0 Å². The lowest BCUT2D eigenvalue weighted by Gasteiger charge is -2.20. The van der Waals surface area contributed by atoms with Crippen LogP contribution in [0.1, 0.15) is 65.2 Å². The Hall–Kier alpha value is -1.93. The highest BCUT2D eigenvalue weighted by molar-refractivity contribution is 7.80. The van der Waals surface area contributed by atoms with Gasteiger partial charge in [0.15, 0.2) is 5.11 Å². The number of hydrogen-bond donors (Lipinski definition) is 1. The number of carbonyl (C=O) groups is 1. The number of thiocarbonyl (C=S) groups is 1. The second-order valence-corrected chi connectivity index (χ2v) is 8.86. The van der Waals surface area contributed by atoms with Crippen LogP contribution in [0.5, 0.6) is 0 Å². The third-order valence-corrected chi connectivity index (χ3v) is 6.87. The summed E-state index contributed by atoms with van der Waals surface area (Å²) < 4.78 is 7.30. The predicted molar refractivity (Wildman–Crippen MR) is 122 cm³/mol. The van der Waals surface area contributed by atoms with Crippen molar-refractivity contribution in [1.82, 2.24) is 14.7 Å². The number of ether oxygens (including phenoxy) is 1. The number of aryl methyl sites for hydroxylation is 3. The summed E-state index contributed by atoms with van der Waals surface area (Å²) in [6, 6.07) is 0. The average molecular weight is 435 g/mol. The van der Waals surface area contributed by atoms with E-state index in [1.54, 1.807) is 11.3 Å². The van der Waals surface area contributed by atoms with Crippen LogP contribution in [0, 0.1) is 6.92 Å². The van der Waals surface area contributed by atoms with Gasteiger partial charge < -0.3 is 15.0 Å². The number of rotatable bonds is 6. The van der Waals surface area contributed by atoms with Crippen LogP contribution in [0.2, 0.25) is 0 Å². The number of thiophene rings is 1. The van der Waals surface area contributed by atoms with Crippen molar-refractivity contribution in [3.8, 4) is 0 Å². The van der Waals surface area contributed by atoms with E-state index in [0.29, 0.717) is 23.8 Å². The number of hydrogen-bond acceptors (Lipinski definition) is 5. The van der Waals surface area contributed by atoms with Crippen LogP contribution in [0.15, 0.2) is 6.20 Å². The van der Waals surface area contributed by atoms with E-state index in [4.69, 9.17) is 17.0 Å². The van der Waals surface area contributed by atoms with E-state index in [-0.39, 0.29) is 5.97 Å². The molecule has 29 heavy (non-hydrogen) atoms. The van der Waals surface area contributed by atoms with Gasteiger partial charge in [0.1, 0.15) is 5.00 Å². The predicted octanol–water partition coefficient (Wildman–Crippen LogP) is 4.55. The van der Waals surface area contributed by atoms with E-state index in [1.807, 2.05) is 30.5 Å². The van der Waals surface area contributed by atoms with Gasteiger partial charge in [-0.2, -0.15) is 5.10 Å². The lowest BCUT2D eigenvalue weighted by Crippen LogP contribution is -2.31. The van der Waals surface area contributed by atoms with Crippen molar-refractivity contribution in [2.75, 3.05) is 19.0 Å². The molecular weight excluding hydrogens is 404 g/mol. The molecule has 1 aliphatic rings. The highest BCUT2D eigenvalue weighted by atomic mass is 32.1. The zero-order chi connectivity index (χ0) is 21.0. The molecule has 0 spiro atoms. The van der Waals surface area contributed by atoms with Crippen molar-refractivity contribution in [3.05, 3.63) is 33.5 Å². The number of fused-ring (bicyclic) bond motifs is 1. The fraction of sp³-hybridized carbons (Fsp3) is 0.571. The first-order valence-corrected chi connectivity index (χ1v) is 11.5. The summed E-state index contributed by atoms with van der Waals surface area (Å²) in [5, 5.41) is 9.25. The molecule has 0 fully saturated rings. The van der Waals surface area contributed by atoms with Gasteiger partial charge in [-0.1, -0.05) is 6.42 Å². The molecule has 0 atom stereocenters. The van der Waals surface area contributed by atoms with Gasteiger partial charge in [-0.05, 0) is 64.2 Å². The van der Waals surface area contributed by atoms with Gasteiger partial charge in [0.25, 0.3) is 0 Å². The van der Waals surface area contributed by atoms with E-state index in [1.165, 1.54) is 17.7 Å². The molecule has 1 N–H and O–H groups in total. The smallest absolute Gasteiger partial charge is 0.341 e. The number of carbonyl (C=O) groups excluding carboxylic acids is 1. The monoisotopic (exact) mass is 434 g/mol. The Morgan fingerprint density at radius 3 is 2.79 bits per heavy atom. The molecule has 0 bridgehead atoms. The minimum atomic E-state index is -0.250. The maximum atomic E-state index is 12.7. The number of nitrogens with zero attached hydrogens (tertiary/aromatic N) is 3. The molecule has 0 amide bonds. The number of aromatic nitrogens is 2. The Morgan fingerprint density at radius 2 is 2.10 bits per heavy atom. The molecule has 0 aliphatic heterocycles. The largest absolute Gasteiger partial charge is 0.462 e. The quantitative estimate of drug-likeness (QED) is 0.409. The number of anilines is 1. The van der Waals surface area contributed by atoms with Crippen LogP contribution in [0.3, 0.4) is 0 Å². The molecule has 0 aromatic carbocycles. The molecule has 158 valence electrons. The Kier molecular flexibility index (Phi) is 7.29. The Labute approximate surface area is 182 Å². The summed E-state index contributed by atoms with van der Waals surface area (Å²) in [5.41, 5.74) is 3.99. The Balaban J connectivity index is 1.79. The molecular formula is C21H30N4O2S2. The van der Waals surface area contributed by atoms with Gasteiger partial charge in [-0.3, -0.25) is 4.68 Å². The highest BCUT2D eigenvalue weighted by Crippen LogP contribution is 2.38. The Morgan fingerprint density at radius 1 is 1.34 bits per heavy atom. The lowest BCUT2D eigenvalue weighted by atomic mass is 10.1. The first kappa shape index (κ1) is 21.8. The van der Waals surface area contributed by atoms with E-state index in [0.717, 1.165) is 47.6 Å². The average Bonchev–Trinajstić information content (AvgIpc) is 3.12. The minimum Gasteiger partial charge on any atom is -0.462 e. The lowest BCUT2D eigenvalue weighted by molar-refractivity contribution is 0.0527. The molecule has 8 heteroatoms. The van der Waals surface area contributed by atoms with Gasteiger partial charge in [-0.15, -0.1) is 11.3 Å². The molecule has 0 saturated heterocycles. The van der Waals surface area contributed by atoms with Crippen LogP contribution >= 0.6 is 23.6 Å². The number of esters is 1. The normalized spacial score (nSPS) is 13.5. The third kappa shape index (κ3) is 4.98. The van der Waals surface area contributed by atoms with Crippen molar-refractivity contribution < 1.29 is 9.53 Å².